The maximum atomic E-state index is 12.5. The highest BCUT2D eigenvalue weighted by molar-refractivity contribution is 7.99. The van der Waals surface area contributed by atoms with Gasteiger partial charge >= 0.3 is 7.60 Å². The number of aliphatic hydroxyl groups excluding tert-OH is 1. The first-order valence-corrected chi connectivity index (χ1v) is 14.5. The summed E-state index contributed by atoms with van der Waals surface area (Å²) < 4.78 is 30.4. The molecule has 0 bridgehead atoms. The van der Waals surface area contributed by atoms with Crippen LogP contribution in [0, 0.1) is 0 Å². The summed E-state index contributed by atoms with van der Waals surface area (Å²) in [6.45, 7) is 10.5. The molecular weight excluding hydrogens is 509 g/mol. The number of aliphatic hydroxyl groups is 1. The second kappa shape index (κ2) is 15.0. The molecule has 11 heteroatoms. The van der Waals surface area contributed by atoms with Crippen molar-refractivity contribution in [2.75, 3.05) is 26.2 Å². The van der Waals surface area contributed by atoms with Gasteiger partial charge in [-0.2, -0.15) is 0 Å². The molecule has 8 nitrogen and oxygen atoms in total. The van der Waals surface area contributed by atoms with Gasteiger partial charge in [-0.1, -0.05) is 49.4 Å². The predicted octanol–water partition coefficient (Wildman–Crippen LogP) is 6.52. The minimum Gasteiger partial charge on any atom is -0.388 e. The van der Waals surface area contributed by atoms with E-state index in [0.717, 1.165) is 21.3 Å². The van der Waals surface area contributed by atoms with Crippen LogP contribution in [0.1, 0.15) is 52.1 Å². The summed E-state index contributed by atoms with van der Waals surface area (Å²) in [6.07, 6.45) is 3.37. The Morgan fingerprint density at radius 3 is 2.60 bits per heavy atom. The van der Waals surface area contributed by atoms with Gasteiger partial charge in [0.15, 0.2) is 0 Å². The first-order chi connectivity index (χ1) is 16.8. The van der Waals surface area contributed by atoms with Crippen LogP contribution in [0.5, 0.6) is 0 Å². The molecule has 2 aromatic rings. The van der Waals surface area contributed by atoms with Gasteiger partial charge in [0.05, 0.1) is 37.8 Å². The highest BCUT2D eigenvalue weighted by atomic mass is 35.5. The number of aromatic nitrogens is 2. The lowest BCUT2D eigenvalue weighted by atomic mass is 10.1. The van der Waals surface area contributed by atoms with Gasteiger partial charge in [-0.25, -0.2) is 4.98 Å². The third-order valence-electron chi connectivity index (χ3n) is 4.73. The van der Waals surface area contributed by atoms with Gasteiger partial charge in [0.2, 0.25) is 0 Å². The Morgan fingerprint density at radius 1 is 1.31 bits per heavy atom. The molecule has 0 aliphatic rings. The highest BCUT2D eigenvalue weighted by Gasteiger charge is 2.23. The van der Waals surface area contributed by atoms with Crippen LogP contribution in [0.2, 0.25) is 5.02 Å². The van der Waals surface area contributed by atoms with Gasteiger partial charge in [0.25, 0.3) is 0 Å². The van der Waals surface area contributed by atoms with Crippen LogP contribution >= 0.6 is 31.0 Å². The Morgan fingerprint density at radius 2 is 2.03 bits per heavy atom. The number of halogens is 1. The van der Waals surface area contributed by atoms with E-state index in [2.05, 4.69) is 18.8 Å². The van der Waals surface area contributed by atoms with E-state index in [-0.39, 0.29) is 38.7 Å². The van der Waals surface area contributed by atoms with Crippen LogP contribution < -0.4 is 0 Å². The summed E-state index contributed by atoms with van der Waals surface area (Å²) in [5, 5.41) is 11.6. The third kappa shape index (κ3) is 9.17. The minimum atomic E-state index is -3.26. The summed E-state index contributed by atoms with van der Waals surface area (Å²) >= 11 is 7.75. The quantitative estimate of drug-likeness (QED) is 0.155. The normalized spacial score (nSPS) is 12.9. The zero-order valence-electron chi connectivity index (χ0n) is 20.9. The van der Waals surface area contributed by atoms with Crippen molar-refractivity contribution in [3.63, 3.8) is 0 Å². The zero-order valence-corrected chi connectivity index (χ0v) is 23.4. The Hall–Kier alpha value is -1.45. The van der Waals surface area contributed by atoms with Gasteiger partial charge in [-0.3, -0.25) is 9.56 Å². The fourth-order valence-electron chi connectivity index (χ4n) is 3.16. The van der Waals surface area contributed by atoms with E-state index >= 15 is 0 Å². The van der Waals surface area contributed by atoms with Crippen molar-refractivity contribution in [2.24, 2.45) is 4.99 Å². The maximum Gasteiger partial charge on any atom is 0.356 e. The fraction of sp³-hybridized carbons (Fsp3) is 0.500. The van der Waals surface area contributed by atoms with Crippen LogP contribution in [-0.4, -0.2) is 47.0 Å². The van der Waals surface area contributed by atoms with Crippen LogP contribution in [-0.2, 0) is 31.5 Å². The summed E-state index contributed by atoms with van der Waals surface area (Å²) in [5.41, 5.74) is 1.67. The van der Waals surface area contributed by atoms with Gasteiger partial charge in [0, 0.05) is 16.1 Å². The maximum absolute atomic E-state index is 12.5. The molecular formula is C24H35ClN3O5PS. The largest absolute Gasteiger partial charge is 0.388 e. The SMILES string of the molecule is C/C=C(/Cn1c(CO)nc(C(C)C)c1Sc1cccc(Cl)c1)N=CCOCP(=O)(OCC)OCC. The zero-order chi connectivity index (χ0) is 25.8. The van der Waals surface area contributed by atoms with Crippen molar-refractivity contribution < 1.29 is 23.5 Å². The molecule has 0 spiro atoms. The molecule has 2 rings (SSSR count). The molecule has 0 radical (unpaired) electrons. The average molecular weight is 544 g/mol. The highest BCUT2D eigenvalue weighted by Crippen LogP contribution is 2.47. The summed E-state index contributed by atoms with van der Waals surface area (Å²) in [4.78, 5) is 10.2. The van der Waals surface area contributed by atoms with Crippen molar-refractivity contribution in [3.05, 3.63) is 52.6 Å². The molecule has 0 amide bonds. The Balaban J connectivity index is 2.18. The van der Waals surface area contributed by atoms with Gasteiger partial charge in [-0.05, 0) is 44.9 Å². The van der Waals surface area contributed by atoms with Gasteiger partial charge in [-0.15, -0.1) is 0 Å². The van der Waals surface area contributed by atoms with Crippen molar-refractivity contribution in [1.82, 2.24) is 9.55 Å². The number of imidazole rings is 1. The van der Waals surface area contributed by atoms with Crippen LogP contribution in [0.25, 0.3) is 0 Å². The van der Waals surface area contributed by atoms with Crippen molar-refractivity contribution in [1.29, 1.82) is 0 Å². The van der Waals surface area contributed by atoms with E-state index in [1.165, 1.54) is 0 Å². The number of rotatable bonds is 15. The Labute approximate surface area is 217 Å². The summed E-state index contributed by atoms with van der Waals surface area (Å²) in [7, 11) is -3.26. The Kier molecular flexibility index (Phi) is 12.7. The third-order valence-corrected chi connectivity index (χ3v) is 7.88. The summed E-state index contributed by atoms with van der Waals surface area (Å²) in [6, 6.07) is 7.64. The lowest BCUT2D eigenvalue weighted by Crippen LogP contribution is -2.08. The van der Waals surface area contributed by atoms with Crippen LogP contribution in [0.3, 0.4) is 0 Å². The molecule has 1 N–H and O–H groups in total. The topological polar surface area (TPSA) is 95.2 Å². The number of hydrogen-bond donors (Lipinski definition) is 1. The molecule has 1 heterocycles. The number of allylic oxidation sites excluding steroid dienone is 2. The molecule has 0 aliphatic heterocycles. The van der Waals surface area contributed by atoms with Crippen molar-refractivity contribution in [2.45, 2.75) is 63.6 Å². The second-order valence-corrected chi connectivity index (χ2v) is 11.2. The van der Waals surface area contributed by atoms with Gasteiger partial charge < -0.3 is 23.5 Å². The Bertz CT molecular complexity index is 1050. The number of nitrogens with zero attached hydrogens (tertiary/aromatic N) is 3. The first-order valence-electron chi connectivity index (χ1n) is 11.5. The number of aliphatic imine (C=N–C) groups is 1. The molecule has 194 valence electrons. The molecule has 1 aromatic heterocycles. The standard InChI is InChI=1S/C24H35ClN3O5PS/c1-6-20(26-12-13-31-17-34(30,32-7-2)33-8-3)15-28-22(16-29)27-23(18(4)5)24(28)35-21-11-9-10-19(25)14-21/h6,9-12,14,18,29H,7-8,13,15-17H2,1-5H3/b20-6-,26-12?. The molecule has 0 saturated heterocycles. The molecule has 0 saturated carbocycles. The minimum absolute atomic E-state index is 0.139. The second-order valence-electron chi connectivity index (χ2n) is 7.71. The molecule has 0 unspecified atom stereocenters. The van der Waals surface area contributed by atoms with E-state index in [9.17, 15) is 9.67 Å². The number of benzene rings is 1. The van der Waals surface area contributed by atoms with E-state index in [0.29, 0.717) is 17.4 Å². The average Bonchev–Trinajstić information content (AvgIpc) is 3.15. The first kappa shape index (κ1) is 29.8. The lowest BCUT2D eigenvalue weighted by molar-refractivity contribution is 0.156. The summed E-state index contributed by atoms with van der Waals surface area (Å²) in [5.74, 6) is 0.735. The van der Waals surface area contributed by atoms with E-state index in [4.69, 9.17) is 30.4 Å². The van der Waals surface area contributed by atoms with E-state index < -0.39 is 7.60 Å². The predicted molar refractivity (Wildman–Crippen MR) is 142 cm³/mol. The molecule has 1 aromatic carbocycles. The number of ether oxygens (including phenoxy) is 1. The van der Waals surface area contributed by atoms with Crippen molar-refractivity contribution >= 4 is 37.2 Å². The van der Waals surface area contributed by atoms with Crippen LogP contribution in [0.15, 0.2) is 51.0 Å². The van der Waals surface area contributed by atoms with E-state index in [1.807, 2.05) is 41.8 Å². The van der Waals surface area contributed by atoms with Crippen molar-refractivity contribution in [3.8, 4) is 0 Å². The molecule has 35 heavy (non-hydrogen) atoms. The molecule has 0 fully saturated rings. The van der Waals surface area contributed by atoms with Crippen LogP contribution in [0.4, 0.5) is 0 Å². The monoisotopic (exact) mass is 543 g/mol. The smallest absolute Gasteiger partial charge is 0.356 e. The lowest BCUT2D eigenvalue weighted by Gasteiger charge is -2.16. The molecule has 0 aliphatic carbocycles. The molecule has 0 atom stereocenters. The number of hydrogen-bond acceptors (Lipinski definition) is 8. The fourth-order valence-corrected chi connectivity index (χ4v) is 5.97. The van der Waals surface area contributed by atoms with Gasteiger partial charge in [0.1, 0.15) is 23.8 Å². The van der Waals surface area contributed by atoms with E-state index in [1.54, 1.807) is 31.8 Å².